The average Bonchev–Trinajstić information content (AvgIpc) is 3.02. The van der Waals surface area contributed by atoms with Crippen LogP contribution in [0.4, 0.5) is 13.9 Å². The molecule has 1 aromatic heterocycles. The molecule has 0 unspecified atom stereocenters. The summed E-state index contributed by atoms with van der Waals surface area (Å²) in [6.45, 7) is -1.11. The fraction of sp³-hybridized carbons (Fsp3) is 0.176. The van der Waals surface area contributed by atoms with Crippen molar-refractivity contribution in [1.29, 1.82) is 0 Å². The number of halogens is 2. The number of anilines is 1. The highest BCUT2D eigenvalue weighted by atomic mass is 32.1. The van der Waals surface area contributed by atoms with Gasteiger partial charge < -0.3 is 9.47 Å². The number of fused-ring (bicyclic) bond motifs is 1. The minimum Gasteiger partial charge on any atom is -0.493 e. The molecular weight excluding hydrogens is 348 g/mol. The molecule has 0 amide bonds. The summed E-state index contributed by atoms with van der Waals surface area (Å²) >= 11 is 1.49. The SMILES string of the molecule is COc1cc(/C(C)=N\Nc2nc3ccccc3s2)ccc1OC(F)F. The first-order chi connectivity index (χ1) is 12.1. The molecule has 130 valence electrons. The number of hydrazone groups is 1. The van der Waals surface area contributed by atoms with Crippen LogP contribution in [-0.4, -0.2) is 24.4 Å². The van der Waals surface area contributed by atoms with Gasteiger partial charge in [0.15, 0.2) is 11.5 Å². The molecule has 0 bridgehead atoms. The quantitative estimate of drug-likeness (QED) is 0.508. The number of methoxy groups -OCH3 is 1. The van der Waals surface area contributed by atoms with E-state index in [1.54, 1.807) is 19.1 Å². The molecule has 0 spiro atoms. The lowest BCUT2D eigenvalue weighted by Gasteiger charge is -2.11. The van der Waals surface area contributed by atoms with Gasteiger partial charge in [-0.05, 0) is 37.3 Å². The molecule has 0 aliphatic rings. The van der Waals surface area contributed by atoms with Crippen molar-refractivity contribution in [2.45, 2.75) is 13.5 Å². The van der Waals surface area contributed by atoms with Crippen LogP contribution in [0.2, 0.25) is 0 Å². The largest absolute Gasteiger partial charge is 0.493 e. The summed E-state index contributed by atoms with van der Waals surface area (Å²) in [4.78, 5) is 4.43. The summed E-state index contributed by atoms with van der Waals surface area (Å²) in [5, 5.41) is 4.97. The zero-order valence-electron chi connectivity index (χ0n) is 13.5. The standard InChI is InChI=1S/C17H15F2N3O2S/c1-10(11-7-8-13(24-16(18)19)14(9-11)23-2)21-22-17-20-12-5-3-4-6-15(12)25-17/h3-9,16H,1-2H3,(H,20,22)/b21-10-. The fourth-order valence-corrected chi connectivity index (χ4v) is 3.01. The maximum atomic E-state index is 12.4. The van der Waals surface area contributed by atoms with Crippen LogP contribution in [0.3, 0.4) is 0 Å². The van der Waals surface area contributed by atoms with E-state index < -0.39 is 6.61 Å². The number of rotatable bonds is 6. The summed E-state index contributed by atoms with van der Waals surface area (Å²) < 4.78 is 35.3. The van der Waals surface area contributed by atoms with Crippen molar-refractivity contribution in [2.24, 2.45) is 5.10 Å². The Balaban J connectivity index is 1.79. The van der Waals surface area contributed by atoms with Gasteiger partial charge in [0.1, 0.15) is 0 Å². The second-order valence-electron chi connectivity index (χ2n) is 5.04. The lowest BCUT2D eigenvalue weighted by molar-refractivity contribution is -0.0512. The molecule has 0 radical (unpaired) electrons. The average molecular weight is 363 g/mol. The molecule has 1 N–H and O–H groups in total. The van der Waals surface area contributed by atoms with Crippen molar-refractivity contribution in [3.63, 3.8) is 0 Å². The highest BCUT2D eigenvalue weighted by Crippen LogP contribution is 2.30. The number of hydrogen-bond acceptors (Lipinski definition) is 6. The highest BCUT2D eigenvalue weighted by Gasteiger charge is 2.12. The van der Waals surface area contributed by atoms with E-state index in [1.165, 1.54) is 24.5 Å². The number of para-hydroxylation sites is 1. The van der Waals surface area contributed by atoms with Crippen LogP contribution in [0.25, 0.3) is 10.2 Å². The van der Waals surface area contributed by atoms with Gasteiger partial charge in [-0.1, -0.05) is 23.5 Å². The van der Waals surface area contributed by atoms with Crippen LogP contribution in [0.15, 0.2) is 47.6 Å². The van der Waals surface area contributed by atoms with Crippen molar-refractivity contribution in [1.82, 2.24) is 4.98 Å². The number of benzene rings is 2. The Kier molecular flexibility index (Phi) is 5.08. The number of ether oxygens (including phenoxy) is 2. The van der Waals surface area contributed by atoms with Crippen molar-refractivity contribution < 1.29 is 18.3 Å². The summed E-state index contributed by atoms with van der Waals surface area (Å²) in [5.41, 5.74) is 5.19. The van der Waals surface area contributed by atoms with Gasteiger partial charge in [-0.15, -0.1) is 0 Å². The molecular formula is C17H15F2N3O2S. The molecule has 3 aromatic rings. The van der Waals surface area contributed by atoms with Crippen LogP contribution in [0, 0.1) is 0 Å². The van der Waals surface area contributed by atoms with Gasteiger partial charge in [0.2, 0.25) is 5.13 Å². The Morgan fingerprint density at radius 2 is 2.00 bits per heavy atom. The zero-order chi connectivity index (χ0) is 17.8. The lowest BCUT2D eigenvalue weighted by atomic mass is 10.1. The number of nitrogens with one attached hydrogen (secondary N) is 1. The zero-order valence-corrected chi connectivity index (χ0v) is 14.3. The Morgan fingerprint density at radius 3 is 2.72 bits per heavy atom. The van der Waals surface area contributed by atoms with E-state index in [9.17, 15) is 8.78 Å². The lowest BCUT2D eigenvalue weighted by Crippen LogP contribution is -2.05. The van der Waals surface area contributed by atoms with Gasteiger partial charge in [0.25, 0.3) is 0 Å². The third kappa shape index (κ3) is 4.03. The number of aromatic nitrogens is 1. The van der Waals surface area contributed by atoms with Gasteiger partial charge in [-0.2, -0.15) is 13.9 Å². The molecule has 3 rings (SSSR count). The summed E-state index contributed by atoms with van der Waals surface area (Å²) in [5.74, 6) is 0.195. The third-order valence-electron chi connectivity index (χ3n) is 3.41. The van der Waals surface area contributed by atoms with Crippen molar-refractivity contribution in [3.05, 3.63) is 48.0 Å². The highest BCUT2D eigenvalue weighted by molar-refractivity contribution is 7.22. The van der Waals surface area contributed by atoms with Crippen LogP contribution in [0.5, 0.6) is 11.5 Å². The molecule has 25 heavy (non-hydrogen) atoms. The maximum Gasteiger partial charge on any atom is 0.387 e. The fourth-order valence-electron chi connectivity index (χ4n) is 2.20. The second-order valence-corrected chi connectivity index (χ2v) is 6.07. The Labute approximate surface area is 146 Å². The molecule has 1 heterocycles. The Bertz CT molecular complexity index is 879. The van der Waals surface area contributed by atoms with E-state index >= 15 is 0 Å². The van der Waals surface area contributed by atoms with Crippen LogP contribution >= 0.6 is 11.3 Å². The molecule has 0 saturated carbocycles. The molecule has 0 saturated heterocycles. The normalized spacial score (nSPS) is 11.8. The topological polar surface area (TPSA) is 55.7 Å². The predicted molar refractivity (Wildman–Crippen MR) is 95.1 cm³/mol. The van der Waals surface area contributed by atoms with E-state index in [-0.39, 0.29) is 11.5 Å². The molecule has 0 atom stereocenters. The van der Waals surface area contributed by atoms with Crippen molar-refractivity contribution >= 4 is 32.4 Å². The summed E-state index contributed by atoms with van der Waals surface area (Å²) in [6, 6.07) is 12.5. The van der Waals surface area contributed by atoms with Gasteiger partial charge in [-0.25, -0.2) is 4.98 Å². The molecule has 5 nitrogen and oxygen atoms in total. The monoisotopic (exact) mass is 363 g/mol. The van der Waals surface area contributed by atoms with Gasteiger partial charge >= 0.3 is 6.61 Å². The van der Waals surface area contributed by atoms with E-state index in [0.717, 1.165) is 10.2 Å². The number of thiazole rings is 1. The molecule has 0 aliphatic carbocycles. The number of nitrogens with zero attached hydrogens (tertiary/aromatic N) is 2. The maximum absolute atomic E-state index is 12.4. The summed E-state index contributed by atoms with van der Waals surface area (Å²) in [7, 11) is 1.39. The molecule has 8 heteroatoms. The second kappa shape index (κ2) is 7.43. The predicted octanol–water partition coefficient (Wildman–Crippen LogP) is 4.74. The molecule has 0 fully saturated rings. The van der Waals surface area contributed by atoms with E-state index in [2.05, 4.69) is 20.2 Å². The third-order valence-corrected chi connectivity index (χ3v) is 4.35. The van der Waals surface area contributed by atoms with Crippen LogP contribution in [-0.2, 0) is 0 Å². The Hall–Kier alpha value is -2.74. The Morgan fingerprint density at radius 1 is 1.20 bits per heavy atom. The van der Waals surface area contributed by atoms with Gasteiger partial charge in [0, 0.05) is 5.56 Å². The van der Waals surface area contributed by atoms with E-state index in [4.69, 9.17) is 4.74 Å². The van der Waals surface area contributed by atoms with Crippen LogP contribution in [0.1, 0.15) is 12.5 Å². The van der Waals surface area contributed by atoms with Crippen molar-refractivity contribution in [2.75, 3.05) is 12.5 Å². The first-order valence-electron chi connectivity index (χ1n) is 7.36. The van der Waals surface area contributed by atoms with Gasteiger partial charge in [0.05, 0.1) is 23.0 Å². The summed E-state index contributed by atoms with van der Waals surface area (Å²) in [6.07, 6.45) is 0. The minimum absolute atomic E-state index is 0.0202. The molecule has 2 aromatic carbocycles. The smallest absolute Gasteiger partial charge is 0.387 e. The van der Waals surface area contributed by atoms with Crippen molar-refractivity contribution in [3.8, 4) is 11.5 Å². The number of alkyl halides is 2. The first kappa shape index (κ1) is 17.1. The first-order valence-corrected chi connectivity index (χ1v) is 8.17. The van der Waals surface area contributed by atoms with E-state index in [0.29, 0.717) is 16.4 Å². The number of hydrogen-bond donors (Lipinski definition) is 1. The minimum atomic E-state index is -2.91. The van der Waals surface area contributed by atoms with Gasteiger partial charge in [-0.3, -0.25) is 5.43 Å². The van der Waals surface area contributed by atoms with E-state index in [1.807, 2.05) is 24.3 Å². The van der Waals surface area contributed by atoms with Crippen LogP contribution < -0.4 is 14.9 Å². The molecule has 0 aliphatic heterocycles.